The van der Waals surface area contributed by atoms with Gasteiger partial charge in [0.25, 0.3) is 15.9 Å². The molecule has 0 saturated heterocycles. The van der Waals surface area contributed by atoms with Crippen LogP contribution in [0.1, 0.15) is 28.9 Å². The molecule has 168 valence electrons. The molecule has 1 amide bonds. The van der Waals surface area contributed by atoms with E-state index in [1.54, 1.807) is 55.5 Å². The molecule has 3 aromatic carbocycles. The molecule has 1 N–H and O–H groups in total. The Kier molecular flexibility index (Phi) is 6.71. The second-order valence-electron chi connectivity index (χ2n) is 7.37. The first-order valence-electron chi connectivity index (χ1n) is 9.75. The normalized spacial score (nSPS) is 12.7. The van der Waals surface area contributed by atoms with Crippen molar-refractivity contribution in [3.63, 3.8) is 0 Å². The highest BCUT2D eigenvalue weighted by atomic mass is 32.2. The number of sulfonamides is 1. The van der Waals surface area contributed by atoms with E-state index in [1.165, 1.54) is 37.4 Å². The summed E-state index contributed by atoms with van der Waals surface area (Å²) in [6, 6.07) is 20.3. The quantitative estimate of drug-likeness (QED) is 0.568. The van der Waals surface area contributed by atoms with Gasteiger partial charge in [0.05, 0.1) is 21.5 Å². The number of carbonyl (C=O) groups excluding carboxylic acids is 1. The van der Waals surface area contributed by atoms with Gasteiger partial charge in [0, 0.05) is 18.9 Å². The largest absolute Gasteiger partial charge is 0.346 e. The summed E-state index contributed by atoms with van der Waals surface area (Å²) in [6.45, 7) is 1.78. The summed E-state index contributed by atoms with van der Waals surface area (Å²) in [6.07, 6.45) is 1.13. The number of nitrogens with zero attached hydrogens (tertiary/aromatic N) is 1. The zero-order valence-electron chi connectivity index (χ0n) is 17.9. The minimum atomic E-state index is -3.76. The van der Waals surface area contributed by atoms with Crippen molar-refractivity contribution in [1.82, 2.24) is 5.32 Å². The lowest BCUT2D eigenvalue weighted by Gasteiger charge is -2.20. The predicted octanol–water partition coefficient (Wildman–Crippen LogP) is 3.41. The van der Waals surface area contributed by atoms with E-state index in [0.717, 1.165) is 16.1 Å². The maximum Gasteiger partial charge on any atom is 0.264 e. The van der Waals surface area contributed by atoms with E-state index in [0.29, 0.717) is 11.3 Å². The van der Waals surface area contributed by atoms with Crippen molar-refractivity contribution in [2.45, 2.75) is 22.8 Å². The van der Waals surface area contributed by atoms with E-state index in [-0.39, 0.29) is 21.7 Å². The molecule has 0 radical (unpaired) electrons. The number of amides is 1. The highest BCUT2D eigenvalue weighted by Gasteiger charge is 2.22. The van der Waals surface area contributed by atoms with Crippen molar-refractivity contribution >= 4 is 31.5 Å². The lowest BCUT2D eigenvalue weighted by atomic mass is 10.1. The van der Waals surface area contributed by atoms with Crippen molar-refractivity contribution in [3.8, 4) is 0 Å². The fraction of sp³-hybridized carbons (Fsp3) is 0.174. The minimum Gasteiger partial charge on any atom is -0.346 e. The van der Waals surface area contributed by atoms with Crippen LogP contribution < -0.4 is 9.62 Å². The Bertz CT molecular complexity index is 1320. The second kappa shape index (κ2) is 9.13. The first-order chi connectivity index (χ1) is 15.0. The molecule has 0 aliphatic carbocycles. The van der Waals surface area contributed by atoms with Crippen molar-refractivity contribution in [3.05, 3.63) is 90.0 Å². The number of benzene rings is 3. The summed E-state index contributed by atoms with van der Waals surface area (Å²) in [5, 5.41) is 2.85. The first-order valence-corrected chi connectivity index (χ1v) is 13.1. The van der Waals surface area contributed by atoms with E-state index in [1.807, 2.05) is 0 Å². The van der Waals surface area contributed by atoms with Crippen molar-refractivity contribution in [2.24, 2.45) is 0 Å². The molecule has 0 saturated carbocycles. The Morgan fingerprint density at radius 2 is 1.47 bits per heavy atom. The highest BCUT2D eigenvalue weighted by molar-refractivity contribution is 7.92. The molecule has 0 bridgehead atoms. The Morgan fingerprint density at radius 3 is 2.06 bits per heavy atom. The lowest BCUT2D eigenvalue weighted by molar-refractivity contribution is 0.0940. The van der Waals surface area contributed by atoms with Crippen LogP contribution in [-0.4, -0.2) is 36.0 Å². The molecule has 9 heteroatoms. The summed E-state index contributed by atoms with van der Waals surface area (Å²) in [4.78, 5) is 13.1. The van der Waals surface area contributed by atoms with Gasteiger partial charge in [-0.05, 0) is 55.0 Å². The molecule has 1 atom stereocenters. The third kappa shape index (κ3) is 5.17. The second-order valence-corrected chi connectivity index (χ2v) is 11.4. The third-order valence-corrected chi connectivity index (χ3v) is 7.96. The average molecular weight is 473 g/mol. The maximum absolute atomic E-state index is 12.9. The van der Waals surface area contributed by atoms with E-state index in [4.69, 9.17) is 0 Å². The van der Waals surface area contributed by atoms with Crippen LogP contribution in [0.5, 0.6) is 0 Å². The summed E-state index contributed by atoms with van der Waals surface area (Å²) in [7, 11) is -5.63. The standard InChI is InChI=1S/C23H24N2O5S2/c1-17(18-12-14-21(15-13-18)31(3,27)28)24-23(26)19-8-7-9-20(16-19)25(2)32(29,30)22-10-5-4-6-11-22/h4-17H,1-3H3,(H,24,26)/t17-/m1/s1. The van der Waals surface area contributed by atoms with Gasteiger partial charge < -0.3 is 5.32 Å². The maximum atomic E-state index is 12.9. The van der Waals surface area contributed by atoms with Crippen molar-refractivity contribution < 1.29 is 21.6 Å². The number of hydrogen-bond donors (Lipinski definition) is 1. The molecular formula is C23H24N2O5S2. The molecule has 0 unspecified atom stereocenters. The van der Waals surface area contributed by atoms with E-state index < -0.39 is 19.9 Å². The number of carbonyl (C=O) groups is 1. The van der Waals surface area contributed by atoms with Gasteiger partial charge in [0.15, 0.2) is 9.84 Å². The highest BCUT2D eigenvalue weighted by Crippen LogP contribution is 2.23. The van der Waals surface area contributed by atoms with Crippen molar-refractivity contribution in [1.29, 1.82) is 0 Å². The smallest absolute Gasteiger partial charge is 0.264 e. The molecule has 0 aliphatic heterocycles. The van der Waals surface area contributed by atoms with Crippen LogP contribution >= 0.6 is 0 Å². The Labute approximate surface area is 188 Å². The summed E-state index contributed by atoms with van der Waals surface area (Å²) in [5.41, 5.74) is 1.40. The number of anilines is 1. The first kappa shape index (κ1) is 23.5. The van der Waals surface area contributed by atoms with Crippen LogP contribution in [0.3, 0.4) is 0 Å². The molecule has 0 heterocycles. The fourth-order valence-corrected chi connectivity index (χ4v) is 4.94. The Hall–Kier alpha value is -3.17. The third-order valence-electron chi connectivity index (χ3n) is 5.03. The zero-order valence-corrected chi connectivity index (χ0v) is 19.5. The van der Waals surface area contributed by atoms with Gasteiger partial charge in [-0.1, -0.05) is 36.4 Å². The number of sulfone groups is 1. The Morgan fingerprint density at radius 1 is 0.844 bits per heavy atom. The van der Waals surface area contributed by atoms with Crippen LogP contribution in [0, 0.1) is 0 Å². The molecule has 0 aliphatic rings. The fourth-order valence-electron chi connectivity index (χ4n) is 3.10. The van der Waals surface area contributed by atoms with Crippen LogP contribution in [0.2, 0.25) is 0 Å². The van der Waals surface area contributed by atoms with Gasteiger partial charge in [-0.15, -0.1) is 0 Å². The molecular weight excluding hydrogens is 448 g/mol. The van der Waals surface area contributed by atoms with Gasteiger partial charge in [0.1, 0.15) is 0 Å². The van der Waals surface area contributed by atoms with Crippen LogP contribution in [0.15, 0.2) is 88.7 Å². The van der Waals surface area contributed by atoms with E-state index in [9.17, 15) is 21.6 Å². The lowest BCUT2D eigenvalue weighted by Crippen LogP contribution is -2.28. The topological polar surface area (TPSA) is 101 Å². The molecule has 32 heavy (non-hydrogen) atoms. The van der Waals surface area contributed by atoms with Crippen LogP contribution in [0.25, 0.3) is 0 Å². The monoisotopic (exact) mass is 472 g/mol. The van der Waals surface area contributed by atoms with Gasteiger partial charge in [-0.25, -0.2) is 16.8 Å². The van der Waals surface area contributed by atoms with E-state index >= 15 is 0 Å². The summed E-state index contributed by atoms with van der Waals surface area (Å²) in [5.74, 6) is -0.378. The van der Waals surface area contributed by atoms with Crippen LogP contribution in [-0.2, 0) is 19.9 Å². The zero-order chi connectivity index (χ0) is 23.5. The van der Waals surface area contributed by atoms with E-state index in [2.05, 4.69) is 5.32 Å². The van der Waals surface area contributed by atoms with Crippen LogP contribution in [0.4, 0.5) is 5.69 Å². The average Bonchev–Trinajstić information content (AvgIpc) is 2.78. The number of rotatable bonds is 7. The molecule has 3 aromatic rings. The molecule has 3 rings (SSSR count). The number of nitrogens with one attached hydrogen (secondary N) is 1. The van der Waals surface area contributed by atoms with Gasteiger partial charge >= 0.3 is 0 Å². The van der Waals surface area contributed by atoms with Gasteiger partial charge in [-0.3, -0.25) is 9.10 Å². The SMILES string of the molecule is C[C@@H](NC(=O)c1cccc(N(C)S(=O)(=O)c2ccccc2)c1)c1ccc(S(C)(=O)=O)cc1. The molecule has 7 nitrogen and oxygen atoms in total. The molecule has 0 spiro atoms. The number of hydrogen-bond acceptors (Lipinski definition) is 5. The molecule has 0 aromatic heterocycles. The van der Waals surface area contributed by atoms with Gasteiger partial charge in [-0.2, -0.15) is 0 Å². The van der Waals surface area contributed by atoms with Gasteiger partial charge in [0.2, 0.25) is 0 Å². The predicted molar refractivity (Wildman–Crippen MR) is 124 cm³/mol. The minimum absolute atomic E-state index is 0.156. The summed E-state index contributed by atoms with van der Waals surface area (Å²) >= 11 is 0. The summed E-state index contributed by atoms with van der Waals surface area (Å²) < 4.78 is 50.1. The van der Waals surface area contributed by atoms with Crippen molar-refractivity contribution in [2.75, 3.05) is 17.6 Å². The Balaban J connectivity index is 1.78. The molecule has 0 fully saturated rings.